The average Bonchev–Trinajstić information content (AvgIpc) is 2.92. The first-order valence-corrected chi connectivity index (χ1v) is 7.55. The minimum atomic E-state index is -0.709. The molecule has 116 valence electrons. The van der Waals surface area contributed by atoms with Crippen molar-refractivity contribution in [1.82, 2.24) is 4.98 Å². The first-order chi connectivity index (χ1) is 11.0. The van der Waals surface area contributed by atoms with E-state index in [1.54, 1.807) is 0 Å². The molecule has 0 aliphatic heterocycles. The van der Waals surface area contributed by atoms with Gasteiger partial charge in [-0.15, -0.1) is 0 Å². The number of nitro benzene ring substituents is 1. The third-order valence-corrected chi connectivity index (χ3v) is 4.10. The lowest BCUT2D eigenvalue weighted by Crippen LogP contribution is -1.94. The highest BCUT2D eigenvalue weighted by Crippen LogP contribution is 2.32. The molecule has 1 heterocycles. The largest absolute Gasteiger partial charge is 0.502 e. The molecule has 0 saturated heterocycles. The number of thiazole rings is 1. The van der Waals surface area contributed by atoms with E-state index in [2.05, 4.69) is 15.5 Å². The normalized spacial score (nSPS) is 11.2. The van der Waals surface area contributed by atoms with Crippen molar-refractivity contribution in [2.45, 2.75) is 0 Å². The van der Waals surface area contributed by atoms with Crippen LogP contribution in [0.5, 0.6) is 5.75 Å². The van der Waals surface area contributed by atoms with Gasteiger partial charge in [0.25, 0.3) is 0 Å². The standard InChI is InChI=1S/C14H9ClN4O3S/c15-9-5-8(13(20)11(6-9)19(21)22)7-16-18-14-17-10-3-1-2-4-12(10)23-14/h1-7,20H,(H,17,18)/b16-7+. The van der Waals surface area contributed by atoms with Crippen LogP contribution >= 0.6 is 22.9 Å². The molecular weight excluding hydrogens is 340 g/mol. The number of aromatic nitrogens is 1. The Kier molecular flexibility index (Phi) is 4.09. The summed E-state index contributed by atoms with van der Waals surface area (Å²) < 4.78 is 1.01. The number of rotatable bonds is 4. The Bertz CT molecular complexity index is 893. The fourth-order valence-corrected chi connectivity index (χ4v) is 2.96. The van der Waals surface area contributed by atoms with Crippen LogP contribution in [0.2, 0.25) is 5.02 Å². The van der Waals surface area contributed by atoms with Crippen molar-refractivity contribution in [3.05, 3.63) is 57.1 Å². The predicted octanol–water partition coefficient (Wildman–Crippen LogP) is 4.01. The van der Waals surface area contributed by atoms with E-state index < -0.39 is 16.4 Å². The fraction of sp³-hybridized carbons (Fsp3) is 0. The molecule has 0 saturated carbocycles. The Labute approximate surface area is 139 Å². The fourth-order valence-electron chi connectivity index (χ4n) is 1.92. The molecule has 0 unspecified atom stereocenters. The number of benzene rings is 2. The maximum absolute atomic E-state index is 10.8. The Hall–Kier alpha value is -2.71. The molecule has 7 nitrogen and oxygen atoms in total. The molecule has 0 bridgehead atoms. The smallest absolute Gasteiger partial charge is 0.312 e. The number of phenols is 1. The number of anilines is 1. The van der Waals surface area contributed by atoms with Gasteiger partial charge in [0.1, 0.15) is 0 Å². The van der Waals surface area contributed by atoms with Crippen LogP contribution in [0.25, 0.3) is 10.2 Å². The molecule has 2 N–H and O–H groups in total. The molecule has 3 rings (SSSR count). The summed E-state index contributed by atoms with van der Waals surface area (Å²) in [6, 6.07) is 10.1. The van der Waals surface area contributed by atoms with Gasteiger partial charge in [0, 0.05) is 16.7 Å². The Balaban J connectivity index is 1.84. The number of halogens is 1. The number of nitrogens with one attached hydrogen (secondary N) is 1. The van der Waals surface area contributed by atoms with Gasteiger partial charge >= 0.3 is 5.69 Å². The molecule has 0 aliphatic carbocycles. The van der Waals surface area contributed by atoms with Crippen LogP contribution in [0.1, 0.15) is 5.56 Å². The van der Waals surface area contributed by atoms with Crippen molar-refractivity contribution in [2.24, 2.45) is 5.10 Å². The van der Waals surface area contributed by atoms with Crippen LogP contribution in [0.15, 0.2) is 41.5 Å². The SMILES string of the molecule is O=[N+]([O-])c1cc(Cl)cc(/C=N/Nc2nc3ccccc3s2)c1O. The van der Waals surface area contributed by atoms with Crippen LogP contribution in [-0.2, 0) is 0 Å². The van der Waals surface area contributed by atoms with Crippen molar-refractivity contribution < 1.29 is 10.0 Å². The zero-order valence-corrected chi connectivity index (χ0v) is 13.0. The molecule has 23 heavy (non-hydrogen) atoms. The molecule has 9 heteroatoms. The molecule has 0 spiro atoms. The van der Waals surface area contributed by atoms with Crippen molar-refractivity contribution in [3.8, 4) is 5.75 Å². The van der Waals surface area contributed by atoms with Gasteiger partial charge in [0.05, 0.1) is 21.4 Å². The van der Waals surface area contributed by atoms with E-state index in [4.69, 9.17) is 11.6 Å². The third-order valence-electron chi connectivity index (χ3n) is 2.94. The van der Waals surface area contributed by atoms with E-state index in [9.17, 15) is 15.2 Å². The number of hydrazone groups is 1. The second kappa shape index (κ2) is 6.19. The number of hydrogen-bond acceptors (Lipinski definition) is 7. The first kappa shape index (κ1) is 15.2. The van der Waals surface area contributed by atoms with E-state index >= 15 is 0 Å². The minimum Gasteiger partial charge on any atom is -0.502 e. The van der Waals surface area contributed by atoms with E-state index in [0.717, 1.165) is 16.3 Å². The zero-order chi connectivity index (χ0) is 16.4. The summed E-state index contributed by atoms with van der Waals surface area (Å²) in [6.07, 6.45) is 1.25. The summed E-state index contributed by atoms with van der Waals surface area (Å²) in [7, 11) is 0. The topological polar surface area (TPSA) is 101 Å². The number of hydrogen-bond donors (Lipinski definition) is 2. The molecule has 3 aromatic rings. The van der Waals surface area contributed by atoms with E-state index in [1.165, 1.54) is 23.6 Å². The van der Waals surface area contributed by atoms with Crippen molar-refractivity contribution in [3.63, 3.8) is 0 Å². The van der Waals surface area contributed by atoms with Crippen LogP contribution in [0.4, 0.5) is 10.8 Å². The monoisotopic (exact) mass is 348 g/mol. The molecule has 0 fully saturated rings. The molecule has 1 aromatic heterocycles. The Morgan fingerprint density at radius 2 is 2.17 bits per heavy atom. The maximum atomic E-state index is 10.8. The number of para-hydroxylation sites is 1. The first-order valence-electron chi connectivity index (χ1n) is 6.36. The number of nitrogens with zero attached hydrogens (tertiary/aromatic N) is 3. The van der Waals surface area contributed by atoms with Gasteiger partial charge in [-0.25, -0.2) is 4.98 Å². The highest BCUT2D eigenvalue weighted by atomic mass is 35.5. The summed E-state index contributed by atoms with van der Waals surface area (Å²) >= 11 is 7.22. The lowest BCUT2D eigenvalue weighted by Gasteiger charge is -2.01. The summed E-state index contributed by atoms with van der Waals surface area (Å²) in [4.78, 5) is 14.5. The van der Waals surface area contributed by atoms with Gasteiger partial charge in [-0.3, -0.25) is 15.5 Å². The van der Waals surface area contributed by atoms with Crippen molar-refractivity contribution in [2.75, 3.05) is 5.43 Å². The summed E-state index contributed by atoms with van der Waals surface area (Å²) in [5.41, 5.74) is 3.24. The number of fused-ring (bicyclic) bond motifs is 1. The minimum absolute atomic E-state index is 0.135. The highest BCUT2D eigenvalue weighted by Gasteiger charge is 2.17. The average molecular weight is 349 g/mol. The molecule has 0 atom stereocenters. The molecular formula is C14H9ClN4O3S. The van der Waals surface area contributed by atoms with Gasteiger partial charge in [-0.2, -0.15) is 5.10 Å². The molecule has 0 amide bonds. The lowest BCUT2D eigenvalue weighted by molar-refractivity contribution is -0.385. The number of aromatic hydroxyl groups is 1. The highest BCUT2D eigenvalue weighted by molar-refractivity contribution is 7.22. The van der Waals surface area contributed by atoms with Gasteiger partial charge in [0.2, 0.25) is 10.9 Å². The Morgan fingerprint density at radius 1 is 1.39 bits per heavy atom. The van der Waals surface area contributed by atoms with Crippen LogP contribution in [-0.4, -0.2) is 21.2 Å². The Morgan fingerprint density at radius 3 is 2.91 bits per heavy atom. The number of phenolic OH excluding ortho intramolecular Hbond substituents is 1. The van der Waals surface area contributed by atoms with Crippen LogP contribution < -0.4 is 5.43 Å². The quantitative estimate of drug-likeness (QED) is 0.421. The van der Waals surface area contributed by atoms with Gasteiger partial charge < -0.3 is 5.11 Å². The second-order valence-electron chi connectivity index (χ2n) is 4.48. The van der Waals surface area contributed by atoms with Crippen molar-refractivity contribution in [1.29, 1.82) is 0 Å². The zero-order valence-electron chi connectivity index (χ0n) is 11.4. The van der Waals surface area contributed by atoms with Crippen LogP contribution in [0.3, 0.4) is 0 Å². The van der Waals surface area contributed by atoms with E-state index in [1.807, 2.05) is 24.3 Å². The summed E-state index contributed by atoms with van der Waals surface area (Å²) in [5.74, 6) is -0.491. The molecule has 2 aromatic carbocycles. The van der Waals surface area contributed by atoms with E-state index in [-0.39, 0.29) is 10.6 Å². The van der Waals surface area contributed by atoms with Gasteiger partial charge in [0.15, 0.2) is 0 Å². The maximum Gasteiger partial charge on any atom is 0.312 e. The third kappa shape index (κ3) is 3.22. The second-order valence-corrected chi connectivity index (χ2v) is 5.94. The summed E-state index contributed by atoms with van der Waals surface area (Å²) in [5, 5.41) is 25.3. The van der Waals surface area contributed by atoms with Crippen molar-refractivity contribution >= 4 is 50.2 Å². The van der Waals surface area contributed by atoms with Gasteiger partial charge in [-0.05, 0) is 18.2 Å². The lowest BCUT2D eigenvalue weighted by atomic mass is 10.2. The molecule has 0 radical (unpaired) electrons. The van der Waals surface area contributed by atoms with Gasteiger partial charge in [-0.1, -0.05) is 35.1 Å². The number of nitro groups is 1. The van der Waals surface area contributed by atoms with Crippen LogP contribution in [0, 0.1) is 10.1 Å². The van der Waals surface area contributed by atoms with E-state index in [0.29, 0.717) is 5.13 Å². The predicted molar refractivity (Wildman–Crippen MR) is 90.6 cm³/mol. The summed E-state index contributed by atoms with van der Waals surface area (Å²) in [6.45, 7) is 0. The molecule has 0 aliphatic rings.